The normalized spacial score (nSPS) is 18.1. The molecule has 0 amide bonds. The lowest BCUT2D eigenvalue weighted by atomic mass is 9.91. The van der Waals surface area contributed by atoms with Gasteiger partial charge in [0.15, 0.2) is 5.65 Å². The van der Waals surface area contributed by atoms with Crippen molar-refractivity contribution in [2.24, 2.45) is 0 Å². The van der Waals surface area contributed by atoms with Crippen molar-refractivity contribution in [1.82, 2.24) is 24.2 Å². The van der Waals surface area contributed by atoms with Crippen LogP contribution in [0.2, 0.25) is 0 Å². The molecule has 2 fully saturated rings. The Labute approximate surface area is 203 Å². The van der Waals surface area contributed by atoms with Crippen LogP contribution in [0.5, 0.6) is 0 Å². The standard InChI is InChI=1S/C27H30N6O2/c34-26-24-16-29-33(23-4-2-1-3-5-23)25(24)28-19-32(26)18-27(35)12-14-31(15-13-27)17-20-6-8-21(9-7-20)30-22-10-11-22/h1-9,16,19,22,30,35H,10-15,17-18H2. The predicted molar refractivity (Wildman–Crippen MR) is 136 cm³/mol. The van der Waals surface area contributed by atoms with Crippen LogP contribution >= 0.6 is 0 Å². The summed E-state index contributed by atoms with van der Waals surface area (Å²) in [6.45, 7) is 2.68. The van der Waals surface area contributed by atoms with Gasteiger partial charge in [0, 0.05) is 31.4 Å². The molecule has 0 radical (unpaired) electrons. The van der Waals surface area contributed by atoms with Gasteiger partial charge in [0.1, 0.15) is 11.7 Å². The van der Waals surface area contributed by atoms with Gasteiger partial charge in [-0.2, -0.15) is 5.10 Å². The third kappa shape index (κ3) is 4.72. The largest absolute Gasteiger partial charge is 0.388 e. The summed E-state index contributed by atoms with van der Waals surface area (Å²) >= 11 is 0. The van der Waals surface area contributed by atoms with E-state index in [1.807, 2.05) is 30.3 Å². The van der Waals surface area contributed by atoms with E-state index in [1.165, 1.54) is 35.0 Å². The van der Waals surface area contributed by atoms with Crippen LogP contribution in [0.4, 0.5) is 5.69 Å². The Morgan fingerprint density at radius 1 is 1.03 bits per heavy atom. The number of aliphatic hydroxyl groups is 1. The Morgan fingerprint density at radius 3 is 2.49 bits per heavy atom. The fourth-order valence-corrected chi connectivity index (χ4v) is 4.85. The molecule has 8 heteroatoms. The molecule has 1 aliphatic heterocycles. The first-order valence-electron chi connectivity index (χ1n) is 12.4. The van der Waals surface area contributed by atoms with Crippen molar-refractivity contribution in [3.63, 3.8) is 0 Å². The lowest BCUT2D eigenvalue weighted by molar-refractivity contribution is -0.0364. The minimum Gasteiger partial charge on any atom is -0.388 e. The summed E-state index contributed by atoms with van der Waals surface area (Å²) in [4.78, 5) is 20.0. The van der Waals surface area contributed by atoms with E-state index in [0.717, 1.165) is 25.3 Å². The predicted octanol–water partition coefficient (Wildman–Crippen LogP) is 3.18. The molecule has 2 aromatic heterocycles. The summed E-state index contributed by atoms with van der Waals surface area (Å²) in [5.74, 6) is 0. The average molecular weight is 471 g/mol. The second kappa shape index (κ2) is 8.94. The molecule has 1 saturated heterocycles. The van der Waals surface area contributed by atoms with Crippen molar-refractivity contribution in [3.8, 4) is 5.69 Å². The second-order valence-corrected chi connectivity index (χ2v) is 9.92. The summed E-state index contributed by atoms with van der Waals surface area (Å²) < 4.78 is 3.20. The lowest BCUT2D eigenvalue weighted by Gasteiger charge is -2.38. The van der Waals surface area contributed by atoms with Gasteiger partial charge in [0.2, 0.25) is 0 Å². The molecule has 180 valence electrons. The number of nitrogens with one attached hydrogen (secondary N) is 1. The van der Waals surface area contributed by atoms with Crippen molar-refractivity contribution in [2.75, 3.05) is 18.4 Å². The zero-order chi connectivity index (χ0) is 23.8. The molecular weight excluding hydrogens is 440 g/mol. The van der Waals surface area contributed by atoms with Gasteiger partial charge in [-0.15, -0.1) is 0 Å². The number of hydrogen-bond donors (Lipinski definition) is 2. The third-order valence-electron chi connectivity index (χ3n) is 7.11. The number of likely N-dealkylation sites (tertiary alicyclic amines) is 1. The molecule has 8 nitrogen and oxygen atoms in total. The molecule has 35 heavy (non-hydrogen) atoms. The molecule has 4 aromatic rings. The highest BCUT2D eigenvalue weighted by Crippen LogP contribution is 2.27. The topological polar surface area (TPSA) is 88.2 Å². The van der Waals surface area contributed by atoms with E-state index < -0.39 is 5.60 Å². The molecule has 1 aliphatic carbocycles. The fourth-order valence-electron chi connectivity index (χ4n) is 4.85. The number of piperidine rings is 1. The zero-order valence-corrected chi connectivity index (χ0v) is 19.7. The fraction of sp³-hybridized carbons (Fsp3) is 0.370. The van der Waals surface area contributed by atoms with Crippen LogP contribution in [0.15, 0.2) is 71.9 Å². The van der Waals surface area contributed by atoms with E-state index in [9.17, 15) is 9.90 Å². The number of fused-ring (bicyclic) bond motifs is 1. The average Bonchev–Trinajstić information content (AvgIpc) is 3.59. The molecule has 2 aliphatic rings. The summed E-state index contributed by atoms with van der Waals surface area (Å²) in [6, 6.07) is 19.0. The highest BCUT2D eigenvalue weighted by molar-refractivity contribution is 5.74. The van der Waals surface area contributed by atoms with Crippen molar-refractivity contribution in [1.29, 1.82) is 0 Å². The van der Waals surface area contributed by atoms with E-state index in [1.54, 1.807) is 10.9 Å². The second-order valence-electron chi connectivity index (χ2n) is 9.92. The summed E-state index contributed by atoms with van der Waals surface area (Å²) in [5, 5.41) is 19.6. The maximum Gasteiger partial charge on any atom is 0.264 e. The molecule has 0 atom stereocenters. The van der Waals surface area contributed by atoms with Crippen molar-refractivity contribution in [2.45, 2.75) is 50.4 Å². The Balaban J connectivity index is 1.10. The number of anilines is 1. The minimum atomic E-state index is -0.927. The van der Waals surface area contributed by atoms with Crippen LogP contribution in [-0.2, 0) is 13.1 Å². The maximum absolute atomic E-state index is 13.1. The quantitative estimate of drug-likeness (QED) is 0.431. The van der Waals surface area contributed by atoms with Crippen LogP contribution < -0.4 is 10.9 Å². The number of hydrogen-bond acceptors (Lipinski definition) is 6. The molecule has 2 aromatic carbocycles. The zero-order valence-electron chi connectivity index (χ0n) is 19.7. The van der Waals surface area contributed by atoms with Gasteiger partial charge in [-0.1, -0.05) is 30.3 Å². The number of para-hydroxylation sites is 1. The lowest BCUT2D eigenvalue weighted by Crippen LogP contribution is -2.47. The van der Waals surface area contributed by atoms with Gasteiger partial charge >= 0.3 is 0 Å². The smallest absolute Gasteiger partial charge is 0.264 e. The van der Waals surface area contributed by atoms with E-state index in [0.29, 0.717) is 29.9 Å². The first kappa shape index (κ1) is 22.0. The third-order valence-corrected chi connectivity index (χ3v) is 7.11. The number of nitrogens with zero attached hydrogens (tertiary/aromatic N) is 5. The van der Waals surface area contributed by atoms with Gasteiger partial charge < -0.3 is 10.4 Å². The first-order chi connectivity index (χ1) is 17.1. The van der Waals surface area contributed by atoms with Gasteiger partial charge in [0.05, 0.1) is 24.0 Å². The van der Waals surface area contributed by atoms with Gasteiger partial charge in [-0.3, -0.25) is 14.3 Å². The van der Waals surface area contributed by atoms with Crippen LogP contribution in [0, 0.1) is 0 Å². The number of aromatic nitrogens is 4. The molecule has 1 saturated carbocycles. The Hall–Kier alpha value is -3.49. The van der Waals surface area contributed by atoms with E-state index in [-0.39, 0.29) is 12.1 Å². The SMILES string of the molecule is O=c1c2cnn(-c3ccccc3)c2ncn1CC1(O)CCN(Cc2ccc(NC3CC3)cc2)CC1. The van der Waals surface area contributed by atoms with Crippen molar-refractivity contribution in [3.05, 3.63) is 83.0 Å². The molecule has 0 bridgehead atoms. The number of rotatable bonds is 7. The maximum atomic E-state index is 13.1. The summed E-state index contributed by atoms with van der Waals surface area (Å²) in [7, 11) is 0. The van der Waals surface area contributed by atoms with E-state index in [4.69, 9.17) is 0 Å². The van der Waals surface area contributed by atoms with E-state index >= 15 is 0 Å². The highest BCUT2D eigenvalue weighted by Gasteiger charge is 2.33. The van der Waals surface area contributed by atoms with Crippen LogP contribution in [0.25, 0.3) is 16.7 Å². The summed E-state index contributed by atoms with van der Waals surface area (Å²) in [5.41, 5.74) is 2.74. The van der Waals surface area contributed by atoms with Crippen molar-refractivity contribution >= 4 is 16.7 Å². The van der Waals surface area contributed by atoms with Crippen LogP contribution in [0.1, 0.15) is 31.2 Å². The van der Waals surface area contributed by atoms with Crippen LogP contribution in [0.3, 0.4) is 0 Å². The monoisotopic (exact) mass is 470 g/mol. The van der Waals surface area contributed by atoms with Crippen molar-refractivity contribution < 1.29 is 5.11 Å². The Morgan fingerprint density at radius 2 is 1.77 bits per heavy atom. The number of benzene rings is 2. The summed E-state index contributed by atoms with van der Waals surface area (Å²) in [6.07, 6.45) is 6.86. The van der Waals surface area contributed by atoms with E-state index in [2.05, 4.69) is 44.6 Å². The minimum absolute atomic E-state index is 0.173. The first-order valence-corrected chi connectivity index (χ1v) is 12.4. The Kier molecular flexibility index (Phi) is 5.62. The van der Waals surface area contributed by atoms with Gasteiger partial charge in [0.25, 0.3) is 5.56 Å². The molecule has 6 rings (SSSR count). The molecule has 0 spiro atoms. The van der Waals surface area contributed by atoms with Gasteiger partial charge in [-0.05, 0) is 55.5 Å². The molecule has 0 unspecified atom stereocenters. The molecule has 2 N–H and O–H groups in total. The molecule has 3 heterocycles. The van der Waals surface area contributed by atoms with Crippen LogP contribution in [-0.4, -0.2) is 54.1 Å². The molecular formula is C27H30N6O2. The Bertz CT molecular complexity index is 1370. The van der Waals surface area contributed by atoms with Gasteiger partial charge in [-0.25, -0.2) is 9.67 Å². The highest BCUT2D eigenvalue weighted by atomic mass is 16.3.